The number of likely N-dealkylation sites (tertiary alicyclic amines) is 1. The maximum Gasteiger partial charge on any atom is 0.223 e. The van der Waals surface area contributed by atoms with Crippen LogP contribution in [0.25, 0.3) is 0 Å². The van der Waals surface area contributed by atoms with E-state index in [2.05, 4.69) is 0 Å². The number of Topliss-reactive ketones (excluding diaryl/α,β-unsaturated/α-hetero) is 1. The average molecular weight is 331 g/mol. The van der Waals surface area contributed by atoms with Crippen LogP contribution in [-0.2, 0) is 4.79 Å². The lowest BCUT2D eigenvalue weighted by molar-refractivity contribution is -0.130. The summed E-state index contributed by atoms with van der Waals surface area (Å²) in [4.78, 5) is 25.6. The first-order valence-electron chi connectivity index (χ1n) is 6.91. The van der Waals surface area contributed by atoms with Gasteiger partial charge in [-0.1, -0.05) is 0 Å². The molecule has 1 aromatic rings. The van der Waals surface area contributed by atoms with Gasteiger partial charge in [0.05, 0.1) is 7.11 Å². The van der Waals surface area contributed by atoms with E-state index in [0.29, 0.717) is 13.1 Å². The highest BCUT2D eigenvalue weighted by Crippen LogP contribution is 2.19. The third kappa shape index (κ3) is 4.42. The SMILES string of the molecule is COc1ccc(C(=O)CCC(=O)N2CC[C@@H](N)C2)cc1F.Cl. The van der Waals surface area contributed by atoms with Crippen LogP contribution >= 0.6 is 12.4 Å². The number of hydrogen-bond acceptors (Lipinski definition) is 4. The molecule has 1 atom stereocenters. The molecule has 0 radical (unpaired) electrons. The second-order valence-electron chi connectivity index (χ2n) is 5.16. The van der Waals surface area contributed by atoms with Crippen molar-refractivity contribution in [3.63, 3.8) is 0 Å². The third-order valence-electron chi connectivity index (χ3n) is 3.62. The van der Waals surface area contributed by atoms with Crippen molar-refractivity contribution >= 4 is 24.1 Å². The van der Waals surface area contributed by atoms with E-state index in [4.69, 9.17) is 10.5 Å². The van der Waals surface area contributed by atoms with E-state index < -0.39 is 5.82 Å². The van der Waals surface area contributed by atoms with E-state index in [0.717, 1.165) is 12.5 Å². The zero-order valence-electron chi connectivity index (χ0n) is 12.4. The molecule has 0 unspecified atom stereocenters. The second-order valence-corrected chi connectivity index (χ2v) is 5.16. The van der Waals surface area contributed by atoms with Gasteiger partial charge in [-0.3, -0.25) is 9.59 Å². The van der Waals surface area contributed by atoms with Crippen LogP contribution in [0.15, 0.2) is 18.2 Å². The number of ether oxygens (including phenoxy) is 1. The van der Waals surface area contributed by atoms with Gasteiger partial charge in [0.1, 0.15) is 0 Å². The fraction of sp³-hybridized carbons (Fsp3) is 0.467. The fourth-order valence-corrected chi connectivity index (χ4v) is 2.38. The summed E-state index contributed by atoms with van der Waals surface area (Å²) in [6, 6.07) is 4.07. The van der Waals surface area contributed by atoms with Gasteiger partial charge in [-0.15, -0.1) is 12.4 Å². The number of carbonyl (C=O) groups excluding carboxylic acids is 2. The number of hydrogen-bond donors (Lipinski definition) is 1. The molecule has 2 N–H and O–H groups in total. The lowest BCUT2D eigenvalue weighted by Gasteiger charge is -2.15. The predicted molar refractivity (Wildman–Crippen MR) is 82.9 cm³/mol. The Hall–Kier alpha value is -1.66. The number of methoxy groups -OCH3 is 1. The number of halogens is 2. The Kier molecular flexibility index (Phi) is 6.77. The fourth-order valence-electron chi connectivity index (χ4n) is 2.38. The van der Waals surface area contributed by atoms with Crippen LogP contribution in [0.2, 0.25) is 0 Å². The molecular formula is C15H20ClFN2O3. The summed E-state index contributed by atoms with van der Waals surface area (Å²) in [7, 11) is 1.36. The minimum Gasteiger partial charge on any atom is -0.494 e. The summed E-state index contributed by atoms with van der Waals surface area (Å²) >= 11 is 0. The highest BCUT2D eigenvalue weighted by molar-refractivity contribution is 5.98. The number of nitrogens with zero attached hydrogens (tertiary/aromatic N) is 1. The van der Waals surface area contributed by atoms with Gasteiger partial charge >= 0.3 is 0 Å². The maximum atomic E-state index is 13.5. The van der Waals surface area contributed by atoms with Gasteiger partial charge < -0.3 is 15.4 Å². The van der Waals surface area contributed by atoms with Crippen molar-refractivity contribution in [2.24, 2.45) is 5.73 Å². The van der Waals surface area contributed by atoms with Gasteiger partial charge in [-0.25, -0.2) is 4.39 Å². The smallest absolute Gasteiger partial charge is 0.223 e. The Labute approximate surface area is 135 Å². The van der Waals surface area contributed by atoms with E-state index in [1.165, 1.54) is 19.2 Å². The van der Waals surface area contributed by atoms with Crippen LogP contribution in [0, 0.1) is 5.82 Å². The van der Waals surface area contributed by atoms with Gasteiger partial charge in [0, 0.05) is 37.5 Å². The Morgan fingerprint density at radius 1 is 1.41 bits per heavy atom. The third-order valence-corrected chi connectivity index (χ3v) is 3.62. The van der Waals surface area contributed by atoms with E-state index in [1.807, 2.05) is 0 Å². The van der Waals surface area contributed by atoms with Crippen molar-refractivity contribution < 1.29 is 18.7 Å². The summed E-state index contributed by atoms with van der Waals surface area (Å²) in [5, 5.41) is 0. The predicted octanol–water partition coefficient (Wildman–Crippen LogP) is 1.78. The first kappa shape index (κ1) is 18.4. The Bertz CT molecular complexity index is 554. The molecule has 1 fully saturated rings. The van der Waals surface area contributed by atoms with Crippen molar-refractivity contribution in [2.75, 3.05) is 20.2 Å². The summed E-state index contributed by atoms with van der Waals surface area (Å²) in [5.74, 6) is -0.826. The molecule has 0 aliphatic carbocycles. The molecular weight excluding hydrogens is 311 g/mol. The largest absolute Gasteiger partial charge is 0.494 e. The number of ketones is 1. The van der Waals surface area contributed by atoms with Crippen molar-refractivity contribution in [1.29, 1.82) is 0 Å². The van der Waals surface area contributed by atoms with Crippen LogP contribution in [0.1, 0.15) is 29.6 Å². The van der Waals surface area contributed by atoms with Crippen LogP contribution in [-0.4, -0.2) is 42.8 Å². The van der Waals surface area contributed by atoms with Crippen LogP contribution < -0.4 is 10.5 Å². The van der Waals surface area contributed by atoms with Crippen molar-refractivity contribution in [3.05, 3.63) is 29.6 Å². The van der Waals surface area contributed by atoms with E-state index >= 15 is 0 Å². The molecule has 1 aromatic carbocycles. The lowest BCUT2D eigenvalue weighted by atomic mass is 10.1. The zero-order chi connectivity index (χ0) is 15.4. The van der Waals surface area contributed by atoms with Crippen LogP contribution in [0.4, 0.5) is 4.39 Å². The number of nitrogens with two attached hydrogens (primary N) is 1. The average Bonchev–Trinajstić information content (AvgIpc) is 2.91. The standard InChI is InChI=1S/C15H19FN2O3.ClH/c1-21-14-4-2-10(8-12(14)16)13(19)3-5-15(20)18-7-6-11(17)9-18;/h2,4,8,11H,3,5-7,9,17H2,1H3;1H/t11-;/m1./s1. The Morgan fingerprint density at radius 3 is 2.68 bits per heavy atom. The van der Waals surface area contributed by atoms with Gasteiger partial charge in [0.2, 0.25) is 5.91 Å². The normalized spacial score (nSPS) is 17.0. The second kappa shape index (κ2) is 8.10. The lowest BCUT2D eigenvalue weighted by Crippen LogP contribution is -2.32. The maximum absolute atomic E-state index is 13.5. The Balaban J connectivity index is 0.00000242. The van der Waals surface area contributed by atoms with Crippen LogP contribution in [0.3, 0.4) is 0 Å². The van der Waals surface area contributed by atoms with Gasteiger partial charge in [-0.05, 0) is 24.6 Å². The van der Waals surface area contributed by atoms with E-state index in [9.17, 15) is 14.0 Å². The molecule has 22 heavy (non-hydrogen) atoms. The molecule has 0 bridgehead atoms. The first-order valence-corrected chi connectivity index (χ1v) is 6.91. The monoisotopic (exact) mass is 330 g/mol. The zero-order valence-corrected chi connectivity index (χ0v) is 13.2. The summed E-state index contributed by atoms with van der Waals surface area (Å²) in [6.45, 7) is 1.19. The molecule has 0 spiro atoms. The number of benzene rings is 1. The summed E-state index contributed by atoms with van der Waals surface area (Å²) in [5.41, 5.74) is 5.99. The topological polar surface area (TPSA) is 72.6 Å². The molecule has 5 nitrogen and oxygen atoms in total. The molecule has 1 aliphatic rings. The van der Waals surface area contributed by atoms with Crippen LogP contribution in [0.5, 0.6) is 5.75 Å². The minimum absolute atomic E-state index is 0. The minimum atomic E-state index is -0.583. The molecule has 1 saturated heterocycles. The highest BCUT2D eigenvalue weighted by atomic mass is 35.5. The Morgan fingerprint density at radius 2 is 2.14 bits per heavy atom. The van der Waals surface area contributed by atoms with Crippen molar-refractivity contribution in [3.8, 4) is 5.75 Å². The molecule has 1 heterocycles. The summed E-state index contributed by atoms with van der Waals surface area (Å²) in [6.07, 6.45) is 0.985. The number of amides is 1. The van der Waals surface area contributed by atoms with E-state index in [-0.39, 0.29) is 54.3 Å². The van der Waals surface area contributed by atoms with Gasteiger partial charge in [0.25, 0.3) is 0 Å². The molecule has 1 aliphatic heterocycles. The quantitative estimate of drug-likeness (QED) is 0.835. The first-order chi connectivity index (χ1) is 10.0. The molecule has 0 aromatic heterocycles. The van der Waals surface area contributed by atoms with Crippen molar-refractivity contribution in [2.45, 2.75) is 25.3 Å². The van der Waals surface area contributed by atoms with E-state index in [1.54, 1.807) is 4.90 Å². The molecule has 1 amide bonds. The molecule has 2 rings (SSSR count). The molecule has 0 saturated carbocycles. The number of rotatable bonds is 5. The van der Waals surface area contributed by atoms with Gasteiger partial charge in [0.15, 0.2) is 17.3 Å². The highest BCUT2D eigenvalue weighted by Gasteiger charge is 2.23. The number of carbonyl (C=O) groups is 2. The van der Waals surface area contributed by atoms with Gasteiger partial charge in [-0.2, -0.15) is 0 Å². The molecule has 122 valence electrons. The molecule has 7 heteroatoms. The summed E-state index contributed by atoms with van der Waals surface area (Å²) < 4.78 is 18.3. The van der Waals surface area contributed by atoms with Crippen molar-refractivity contribution in [1.82, 2.24) is 4.90 Å².